The van der Waals surface area contributed by atoms with Crippen molar-refractivity contribution in [1.82, 2.24) is 0 Å². The molecule has 16 heavy (non-hydrogen) atoms. The van der Waals surface area contributed by atoms with Gasteiger partial charge in [-0.3, -0.25) is 0 Å². The number of methoxy groups -OCH3 is 1. The molecule has 0 saturated carbocycles. The molecule has 0 aliphatic carbocycles. The fourth-order valence-electron chi connectivity index (χ4n) is 1.60. The number of hydrogen-bond donors (Lipinski definition) is 1. The van der Waals surface area contributed by atoms with Gasteiger partial charge in [-0.05, 0) is 24.5 Å². The van der Waals surface area contributed by atoms with Gasteiger partial charge in [0.05, 0.1) is 0 Å². The summed E-state index contributed by atoms with van der Waals surface area (Å²) in [5.74, 6) is 0.275. The average Bonchev–Trinajstić information content (AvgIpc) is 2.25. The van der Waals surface area contributed by atoms with Crippen molar-refractivity contribution in [2.45, 2.75) is 19.4 Å². The lowest BCUT2D eigenvalue weighted by atomic mass is 9.93. The van der Waals surface area contributed by atoms with Crippen molar-refractivity contribution < 1.29 is 4.74 Å². The van der Waals surface area contributed by atoms with Crippen molar-refractivity contribution in [2.75, 3.05) is 13.7 Å². The Morgan fingerprint density at radius 3 is 2.38 bits per heavy atom. The fourth-order valence-corrected chi connectivity index (χ4v) is 2.25. The third-order valence-corrected chi connectivity index (χ3v) is 3.38. The van der Waals surface area contributed by atoms with Crippen LogP contribution >= 0.6 is 23.2 Å². The molecule has 1 aromatic carbocycles. The van der Waals surface area contributed by atoms with Gasteiger partial charge in [-0.2, -0.15) is 0 Å². The van der Waals surface area contributed by atoms with Gasteiger partial charge in [0.25, 0.3) is 0 Å². The number of rotatable bonds is 5. The van der Waals surface area contributed by atoms with Crippen LogP contribution in [0.2, 0.25) is 10.0 Å². The molecule has 0 bridgehead atoms. The van der Waals surface area contributed by atoms with Gasteiger partial charge in [-0.1, -0.05) is 36.2 Å². The molecule has 2 nitrogen and oxygen atoms in total. The zero-order valence-corrected chi connectivity index (χ0v) is 11.1. The van der Waals surface area contributed by atoms with E-state index in [9.17, 15) is 0 Å². The molecule has 0 fully saturated rings. The van der Waals surface area contributed by atoms with Crippen LogP contribution in [0.1, 0.15) is 24.9 Å². The van der Waals surface area contributed by atoms with Gasteiger partial charge >= 0.3 is 0 Å². The van der Waals surface area contributed by atoms with Crippen LogP contribution in [0.4, 0.5) is 0 Å². The van der Waals surface area contributed by atoms with Crippen molar-refractivity contribution >= 4 is 23.2 Å². The van der Waals surface area contributed by atoms with E-state index in [-0.39, 0.29) is 12.0 Å². The van der Waals surface area contributed by atoms with Crippen molar-refractivity contribution in [3.8, 4) is 0 Å². The van der Waals surface area contributed by atoms with E-state index in [0.29, 0.717) is 16.7 Å². The molecule has 0 heterocycles. The molecule has 2 N–H and O–H groups in total. The Labute approximate surface area is 107 Å². The zero-order valence-electron chi connectivity index (χ0n) is 9.54. The van der Waals surface area contributed by atoms with Gasteiger partial charge in [-0.25, -0.2) is 0 Å². The van der Waals surface area contributed by atoms with E-state index >= 15 is 0 Å². The molecule has 0 spiro atoms. The third kappa shape index (κ3) is 3.36. The second-order valence-corrected chi connectivity index (χ2v) is 4.73. The van der Waals surface area contributed by atoms with Crippen molar-refractivity contribution in [3.63, 3.8) is 0 Å². The molecule has 0 aliphatic heterocycles. The number of hydrogen-bond acceptors (Lipinski definition) is 2. The Kier molecular flexibility index (Phi) is 5.56. The first-order valence-electron chi connectivity index (χ1n) is 5.26. The average molecular weight is 262 g/mol. The Morgan fingerprint density at radius 1 is 1.31 bits per heavy atom. The first-order valence-corrected chi connectivity index (χ1v) is 6.02. The minimum absolute atomic E-state index is 0.156. The Morgan fingerprint density at radius 2 is 1.88 bits per heavy atom. The van der Waals surface area contributed by atoms with E-state index < -0.39 is 0 Å². The summed E-state index contributed by atoms with van der Waals surface area (Å²) < 4.78 is 5.04. The second-order valence-electron chi connectivity index (χ2n) is 3.92. The molecule has 1 rings (SSSR count). The minimum Gasteiger partial charge on any atom is -0.385 e. The summed E-state index contributed by atoms with van der Waals surface area (Å²) in [6.45, 7) is 2.76. The van der Waals surface area contributed by atoms with Crippen molar-refractivity contribution in [1.29, 1.82) is 0 Å². The van der Waals surface area contributed by atoms with Crippen LogP contribution in [0.15, 0.2) is 18.2 Å². The van der Waals surface area contributed by atoms with E-state index in [1.54, 1.807) is 7.11 Å². The molecule has 0 aliphatic rings. The lowest BCUT2D eigenvalue weighted by Gasteiger charge is -2.22. The monoisotopic (exact) mass is 261 g/mol. The summed E-state index contributed by atoms with van der Waals surface area (Å²) in [6, 6.07) is 5.29. The lowest BCUT2D eigenvalue weighted by Crippen LogP contribution is -2.21. The summed E-state index contributed by atoms with van der Waals surface area (Å²) in [4.78, 5) is 0. The molecule has 0 amide bonds. The van der Waals surface area contributed by atoms with E-state index in [1.807, 2.05) is 18.2 Å². The molecular weight excluding hydrogens is 245 g/mol. The van der Waals surface area contributed by atoms with Crippen LogP contribution in [-0.4, -0.2) is 13.7 Å². The third-order valence-electron chi connectivity index (χ3n) is 2.72. The predicted molar refractivity (Wildman–Crippen MR) is 69.0 cm³/mol. The second kappa shape index (κ2) is 6.45. The van der Waals surface area contributed by atoms with Crippen LogP contribution < -0.4 is 5.73 Å². The SMILES string of the molecule is COCCC(C)C(N)c1c(Cl)cccc1Cl. The number of ether oxygens (including phenoxy) is 1. The topological polar surface area (TPSA) is 35.2 Å². The summed E-state index contributed by atoms with van der Waals surface area (Å²) >= 11 is 12.2. The van der Waals surface area contributed by atoms with Gasteiger partial charge in [0, 0.05) is 35.4 Å². The summed E-state index contributed by atoms with van der Waals surface area (Å²) in [5.41, 5.74) is 6.98. The smallest absolute Gasteiger partial charge is 0.0468 e. The standard InChI is InChI=1S/C12H17Cl2NO/c1-8(6-7-16-2)12(15)11-9(13)4-3-5-10(11)14/h3-5,8,12H,6-7,15H2,1-2H3. The Bertz CT molecular complexity index is 324. The quantitative estimate of drug-likeness (QED) is 0.878. The molecule has 0 saturated heterocycles. The summed E-state index contributed by atoms with van der Waals surface area (Å²) in [6.07, 6.45) is 0.888. The molecule has 2 unspecified atom stereocenters. The van der Waals surface area contributed by atoms with E-state index in [1.165, 1.54) is 0 Å². The highest BCUT2D eigenvalue weighted by Gasteiger charge is 2.19. The predicted octanol–water partition coefficient (Wildman–Crippen LogP) is 3.67. The molecule has 1 aromatic rings. The maximum Gasteiger partial charge on any atom is 0.0468 e. The van der Waals surface area contributed by atoms with E-state index in [2.05, 4.69) is 6.92 Å². The van der Waals surface area contributed by atoms with E-state index in [0.717, 1.165) is 12.0 Å². The number of halogens is 2. The van der Waals surface area contributed by atoms with Crippen LogP contribution in [0.3, 0.4) is 0 Å². The van der Waals surface area contributed by atoms with Gasteiger partial charge in [0.2, 0.25) is 0 Å². The fraction of sp³-hybridized carbons (Fsp3) is 0.500. The Hall–Kier alpha value is -0.280. The first kappa shape index (κ1) is 13.8. The Balaban J connectivity index is 2.82. The highest BCUT2D eigenvalue weighted by molar-refractivity contribution is 6.36. The maximum absolute atomic E-state index is 6.16. The van der Waals surface area contributed by atoms with Gasteiger partial charge in [0.1, 0.15) is 0 Å². The normalized spacial score (nSPS) is 14.8. The summed E-state index contributed by atoms with van der Waals surface area (Å²) in [7, 11) is 1.68. The molecule has 4 heteroatoms. The first-order chi connectivity index (χ1) is 7.57. The lowest BCUT2D eigenvalue weighted by molar-refractivity contribution is 0.174. The van der Waals surface area contributed by atoms with Crippen LogP contribution in [0.5, 0.6) is 0 Å². The van der Waals surface area contributed by atoms with Gasteiger partial charge in [0.15, 0.2) is 0 Å². The maximum atomic E-state index is 6.16. The van der Waals surface area contributed by atoms with Gasteiger partial charge < -0.3 is 10.5 Å². The molecular formula is C12H17Cl2NO. The van der Waals surface area contributed by atoms with Crippen LogP contribution in [0.25, 0.3) is 0 Å². The summed E-state index contributed by atoms with van der Waals surface area (Å²) in [5, 5.41) is 1.26. The van der Waals surface area contributed by atoms with E-state index in [4.69, 9.17) is 33.7 Å². The number of benzene rings is 1. The highest BCUT2D eigenvalue weighted by atomic mass is 35.5. The van der Waals surface area contributed by atoms with Crippen molar-refractivity contribution in [3.05, 3.63) is 33.8 Å². The molecule has 90 valence electrons. The zero-order chi connectivity index (χ0) is 12.1. The van der Waals surface area contributed by atoms with Crippen LogP contribution in [0, 0.1) is 5.92 Å². The van der Waals surface area contributed by atoms with Crippen molar-refractivity contribution in [2.24, 2.45) is 11.7 Å². The number of nitrogens with two attached hydrogens (primary N) is 1. The largest absolute Gasteiger partial charge is 0.385 e. The van der Waals surface area contributed by atoms with Crippen LogP contribution in [-0.2, 0) is 4.74 Å². The molecule has 0 aromatic heterocycles. The highest BCUT2D eigenvalue weighted by Crippen LogP contribution is 2.33. The van der Waals surface area contributed by atoms with Gasteiger partial charge in [-0.15, -0.1) is 0 Å². The molecule has 2 atom stereocenters. The molecule has 0 radical (unpaired) electrons. The minimum atomic E-state index is -0.156.